The van der Waals surface area contributed by atoms with Gasteiger partial charge in [0.1, 0.15) is 5.78 Å². The molecule has 4 rings (SSSR count). The Morgan fingerprint density at radius 3 is 2.57 bits per heavy atom. The highest BCUT2D eigenvalue weighted by Crippen LogP contribution is 2.62. The van der Waals surface area contributed by atoms with Gasteiger partial charge in [0.15, 0.2) is 5.78 Å². The molecule has 0 aromatic carbocycles. The first kappa shape index (κ1) is 13.5. The second kappa shape index (κ2) is 4.18. The second-order valence-electron chi connectivity index (χ2n) is 7.98. The molecule has 0 saturated heterocycles. The van der Waals surface area contributed by atoms with E-state index < -0.39 is 0 Å². The number of ketones is 2. The number of hydrogen-bond acceptors (Lipinski definition) is 2. The van der Waals surface area contributed by atoms with E-state index >= 15 is 0 Å². The van der Waals surface area contributed by atoms with Gasteiger partial charge in [0.05, 0.1) is 0 Å². The van der Waals surface area contributed by atoms with Gasteiger partial charge < -0.3 is 0 Å². The molecule has 4 atom stereocenters. The summed E-state index contributed by atoms with van der Waals surface area (Å²) in [5.41, 5.74) is 2.99. The zero-order chi connectivity index (χ0) is 14.8. The average Bonchev–Trinajstić information content (AvgIpc) is 2.76. The van der Waals surface area contributed by atoms with Crippen molar-refractivity contribution in [2.45, 2.75) is 58.8 Å². The van der Waals surface area contributed by atoms with Gasteiger partial charge in [0, 0.05) is 18.3 Å². The first-order chi connectivity index (χ1) is 9.95. The number of fused-ring (bicyclic) bond motifs is 5. The quantitative estimate of drug-likeness (QED) is 0.630. The lowest BCUT2D eigenvalue weighted by molar-refractivity contribution is -0.127. The van der Waals surface area contributed by atoms with Crippen LogP contribution >= 0.6 is 0 Å². The van der Waals surface area contributed by atoms with Gasteiger partial charge in [-0.2, -0.15) is 0 Å². The third kappa shape index (κ3) is 1.65. The third-order valence-electron chi connectivity index (χ3n) is 7.11. The normalized spacial score (nSPS) is 45.4. The Bertz CT molecular complexity index is 597. The highest BCUT2D eigenvalue weighted by molar-refractivity contribution is 5.92. The van der Waals surface area contributed by atoms with E-state index in [1.807, 2.05) is 6.08 Å². The van der Waals surface area contributed by atoms with E-state index in [1.165, 1.54) is 5.57 Å². The standard InChI is InChI=1S/C19H24O2/c1-18-9-7-13(20)11-12(18)3-4-14-15-5-6-17(21)19(15,2)10-8-16(14)18/h4,11,15-16H,3,5-10H2,1-2H3. The molecule has 2 fully saturated rings. The van der Waals surface area contributed by atoms with E-state index in [9.17, 15) is 9.59 Å². The summed E-state index contributed by atoms with van der Waals surface area (Å²) in [5.74, 6) is 1.82. The fraction of sp³-hybridized carbons (Fsp3) is 0.684. The van der Waals surface area contributed by atoms with E-state index in [4.69, 9.17) is 0 Å². The van der Waals surface area contributed by atoms with Crippen LogP contribution in [0.5, 0.6) is 0 Å². The van der Waals surface area contributed by atoms with Gasteiger partial charge in [0.2, 0.25) is 0 Å². The van der Waals surface area contributed by atoms with Crippen LogP contribution < -0.4 is 0 Å². The molecule has 0 radical (unpaired) electrons. The lowest BCUT2D eigenvalue weighted by Gasteiger charge is -2.52. The summed E-state index contributed by atoms with van der Waals surface area (Å²) < 4.78 is 0. The minimum atomic E-state index is -0.0929. The molecule has 4 aliphatic rings. The van der Waals surface area contributed by atoms with Crippen LogP contribution in [0.1, 0.15) is 58.8 Å². The smallest absolute Gasteiger partial charge is 0.155 e. The maximum atomic E-state index is 12.3. The van der Waals surface area contributed by atoms with Gasteiger partial charge in [-0.05, 0) is 55.4 Å². The summed E-state index contributed by atoms with van der Waals surface area (Å²) in [6.07, 6.45) is 10.9. The minimum absolute atomic E-state index is 0.0929. The first-order valence-electron chi connectivity index (χ1n) is 8.42. The third-order valence-corrected chi connectivity index (χ3v) is 7.11. The summed E-state index contributed by atoms with van der Waals surface area (Å²) in [6.45, 7) is 4.56. The molecule has 2 nitrogen and oxygen atoms in total. The summed E-state index contributed by atoms with van der Waals surface area (Å²) in [5, 5.41) is 0. The topological polar surface area (TPSA) is 34.1 Å². The molecule has 0 aliphatic heterocycles. The summed E-state index contributed by atoms with van der Waals surface area (Å²) in [4.78, 5) is 24.1. The van der Waals surface area contributed by atoms with Gasteiger partial charge in [-0.25, -0.2) is 0 Å². The molecule has 2 heteroatoms. The molecule has 0 heterocycles. The van der Waals surface area contributed by atoms with Crippen LogP contribution in [0.25, 0.3) is 0 Å². The van der Waals surface area contributed by atoms with Crippen molar-refractivity contribution in [3.05, 3.63) is 23.3 Å². The van der Waals surface area contributed by atoms with Gasteiger partial charge in [-0.3, -0.25) is 9.59 Å². The van der Waals surface area contributed by atoms with Crippen molar-refractivity contribution < 1.29 is 9.59 Å². The van der Waals surface area contributed by atoms with Crippen LogP contribution in [-0.4, -0.2) is 11.6 Å². The van der Waals surface area contributed by atoms with Crippen molar-refractivity contribution in [1.29, 1.82) is 0 Å². The summed E-state index contributed by atoms with van der Waals surface area (Å²) in [6, 6.07) is 0. The molecular formula is C19H24O2. The van der Waals surface area contributed by atoms with Gasteiger partial charge in [-0.15, -0.1) is 0 Å². The molecule has 0 aromatic rings. The molecule has 0 bridgehead atoms. The number of carbonyl (C=O) groups is 2. The number of allylic oxidation sites excluding steroid dienone is 4. The van der Waals surface area contributed by atoms with Crippen molar-refractivity contribution in [2.24, 2.45) is 22.7 Å². The maximum Gasteiger partial charge on any atom is 0.155 e. The highest BCUT2D eigenvalue weighted by Gasteiger charge is 2.56. The fourth-order valence-electron chi connectivity index (χ4n) is 5.64. The maximum absolute atomic E-state index is 12.3. The average molecular weight is 284 g/mol. The van der Waals surface area contributed by atoms with Crippen LogP contribution in [-0.2, 0) is 9.59 Å². The van der Waals surface area contributed by atoms with Crippen molar-refractivity contribution in [2.75, 3.05) is 0 Å². The molecule has 0 spiro atoms. The summed E-state index contributed by atoms with van der Waals surface area (Å²) in [7, 11) is 0. The van der Waals surface area contributed by atoms with Gasteiger partial charge in [-0.1, -0.05) is 31.1 Å². The van der Waals surface area contributed by atoms with E-state index in [-0.39, 0.29) is 10.8 Å². The van der Waals surface area contributed by atoms with E-state index in [0.717, 1.165) is 38.5 Å². The Hall–Kier alpha value is -1.18. The zero-order valence-electron chi connectivity index (χ0n) is 13.1. The van der Waals surface area contributed by atoms with Crippen LogP contribution in [0, 0.1) is 22.7 Å². The molecule has 21 heavy (non-hydrogen) atoms. The number of carbonyl (C=O) groups excluding carboxylic acids is 2. The van der Waals surface area contributed by atoms with Crippen molar-refractivity contribution >= 4 is 11.6 Å². The van der Waals surface area contributed by atoms with Crippen molar-refractivity contribution in [3.63, 3.8) is 0 Å². The number of Topliss-reactive ketones (excluding diaryl/α,β-unsaturated/α-hetero) is 1. The molecular weight excluding hydrogens is 260 g/mol. The molecule has 4 unspecified atom stereocenters. The molecule has 0 amide bonds. The molecule has 0 aromatic heterocycles. The molecule has 112 valence electrons. The lowest BCUT2D eigenvalue weighted by Crippen LogP contribution is -2.45. The minimum Gasteiger partial charge on any atom is -0.299 e. The van der Waals surface area contributed by atoms with E-state index in [1.54, 1.807) is 5.57 Å². The van der Waals surface area contributed by atoms with E-state index in [2.05, 4.69) is 19.9 Å². The SMILES string of the molecule is CC12CCC3C(=CCC4=CC(=O)CCC43C)C1CCC2=O. The highest BCUT2D eigenvalue weighted by atomic mass is 16.1. The van der Waals surface area contributed by atoms with Crippen LogP contribution in [0.2, 0.25) is 0 Å². The Balaban J connectivity index is 1.77. The molecule has 2 saturated carbocycles. The fourth-order valence-corrected chi connectivity index (χ4v) is 5.64. The summed E-state index contributed by atoms with van der Waals surface area (Å²) >= 11 is 0. The number of rotatable bonds is 0. The van der Waals surface area contributed by atoms with Crippen LogP contribution in [0.3, 0.4) is 0 Å². The van der Waals surface area contributed by atoms with Crippen molar-refractivity contribution in [1.82, 2.24) is 0 Å². The second-order valence-corrected chi connectivity index (χ2v) is 7.98. The zero-order valence-corrected chi connectivity index (χ0v) is 13.1. The van der Waals surface area contributed by atoms with Gasteiger partial charge in [0.25, 0.3) is 0 Å². The monoisotopic (exact) mass is 284 g/mol. The van der Waals surface area contributed by atoms with E-state index in [0.29, 0.717) is 29.8 Å². The lowest BCUT2D eigenvalue weighted by atomic mass is 9.51. The number of hydrogen-bond donors (Lipinski definition) is 0. The largest absolute Gasteiger partial charge is 0.299 e. The predicted molar refractivity (Wildman–Crippen MR) is 81.7 cm³/mol. The van der Waals surface area contributed by atoms with Gasteiger partial charge >= 0.3 is 0 Å². The molecule has 4 aliphatic carbocycles. The Labute approximate surface area is 126 Å². The Morgan fingerprint density at radius 2 is 1.76 bits per heavy atom. The van der Waals surface area contributed by atoms with Crippen LogP contribution in [0.15, 0.2) is 23.3 Å². The molecule has 0 N–H and O–H groups in total. The Morgan fingerprint density at radius 1 is 1.00 bits per heavy atom. The first-order valence-corrected chi connectivity index (χ1v) is 8.42. The van der Waals surface area contributed by atoms with Crippen molar-refractivity contribution in [3.8, 4) is 0 Å². The Kier molecular flexibility index (Phi) is 2.68. The predicted octanol–water partition coefficient (Wildman–Crippen LogP) is 4.01. The van der Waals surface area contributed by atoms with Crippen LogP contribution in [0.4, 0.5) is 0 Å².